The highest BCUT2D eigenvalue weighted by atomic mass is 35.5. The molecule has 112 valence electrons. The van der Waals surface area contributed by atoms with Crippen LogP contribution in [0.1, 0.15) is 5.56 Å². The summed E-state index contributed by atoms with van der Waals surface area (Å²) in [5.41, 5.74) is 0.288. The molecule has 0 saturated heterocycles. The van der Waals surface area contributed by atoms with E-state index in [2.05, 4.69) is 5.10 Å². The second-order valence-electron chi connectivity index (χ2n) is 4.04. The van der Waals surface area contributed by atoms with Crippen molar-refractivity contribution in [3.63, 3.8) is 0 Å². The molecule has 0 atom stereocenters. The number of hydrogen-bond donors (Lipinski definition) is 0. The normalized spacial score (nSPS) is 10.7. The molecule has 8 heteroatoms. The number of methoxy groups -OCH3 is 1. The van der Waals surface area contributed by atoms with E-state index in [0.29, 0.717) is 26.3 Å². The largest absolute Gasteiger partial charge is 0.495 e. The van der Waals surface area contributed by atoms with Crippen molar-refractivity contribution < 1.29 is 4.74 Å². The van der Waals surface area contributed by atoms with Crippen molar-refractivity contribution in [1.29, 1.82) is 0 Å². The van der Waals surface area contributed by atoms with Crippen molar-refractivity contribution in [3.8, 4) is 5.75 Å². The lowest BCUT2D eigenvalue weighted by Gasteiger charge is -2.11. The average Bonchev–Trinajstić information content (AvgIpc) is 2.49. The maximum atomic E-state index is 12.1. The fourth-order valence-electron chi connectivity index (χ4n) is 1.72. The van der Waals surface area contributed by atoms with Crippen molar-refractivity contribution >= 4 is 46.6 Å². The number of aromatic nitrogens is 2. The molecule has 2 rings (SSSR count). The molecule has 0 unspecified atom stereocenters. The van der Waals surface area contributed by atoms with Crippen molar-refractivity contribution in [2.24, 2.45) is 0 Å². The highest BCUT2D eigenvalue weighted by molar-refractivity contribution is 7.98. The Hall–Kier alpha value is -0.880. The Morgan fingerprint density at radius 2 is 1.95 bits per heavy atom. The number of rotatable bonds is 4. The summed E-state index contributed by atoms with van der Waals surface area (Å²) in [6.07, 6.45) is 3.38. The molecule has 4 nitrogen and oxygen atoms in total. The third-order valence-electron chi connectivity index (χ3n) is 2.84. The van der Waals surface area contributed by atoms with Gasteiger partial charge in [-0.15, -0.1) is 11.8 Å². The lowest BCUT2D eigenvalue weighted by Crippen LogP contribution is -2.24. The van der Waals surface area contributed by atoms with E-state index >= 15 is 0 Å². The van der Waals surface area contributed by atoms with Crippen LogP contribution in [0.25, 0.3) is 0 Å². The van der Waals surface area contributed by atoms with Crippen LogP contribution in [0.2, 0.25) is 15.1 Å². The summed E-state index contributed by atoms with van der Waals surface area (Å²) in [5.74, 6) is 0.474. The van der Waals surface area contributed by atoms with Crippen LogP contribution in [-0.2, 0) is 6.54 Å². The minimum atomic E-state index is -0.369. The van der Waals surface area contributed by atoms with E-state index in [0.717, 1.165) is 0 Å². The Labute approximate surface area is 141 Å². The van der Waals surface area contributed by atoms with E-state index < -0.39 is 0 Å². The van der Waals surface area contributed by atoms with Crippen molar-refractivity contribution in [3.05, 3.63) is 49.3 Å². The van der Waals surface area contributed by atoms with Crippen LogP contribution in [0.15, 0.2) is 28.0 Å². The van der Waals surface area contributed by atoms with Gasteiger partial charge in [0.15, 0.2) is 0 Å². The molecule has 21 heavy (non-hydrogen) atoms. The second kappa shape index (κ2) is 6.92. The van der Waals surface area contributed by atoms with Gasteiger partial charge in [0.05, 0.1) is 29.8 Å². The molecule has 0 bridgehead atoms. The van der Waals surface area contributed by atoms with Crippen LogP contribution in [0.5, 0.6) is 5.75 Å². The quantitative estimate of drug-likeness (QED) is 0.769. The molecule has 2 aromatic rings. The Balaban J connectivity index is 2.42. The maximum absolute atomic E-state index is 12.1. The molecule has 1 aromatic carbocycles. The van der Waals surface area contributed by atoms with Gasteiger partial charge in [0.1, 0.15) is 15.8 Å². The van der Waals surface area contributed by atoms with Crippen LogP contribution >= 0.6 is 46.6 Å². The number of thioether (sulfide) groups is 1. The lowest BCUT2D eigenvalue weighted by atomic mass is 10.2. The highest BCUT2D eigenvalue weighted by Crippen LogP contribution is 2.34. The Morgan fingerprint density at radius 3 is 2.57 bits per heavy atom. The summed E-state index contributed by atoms with van der Waals surface area (Å²) < 4.78 is 6.32. The standard InChI is InChI=1S/C13H11Cl3N2O2S/c1-20-8-4-3-7(10(14)11(8)15)6-18-13(19)12(16)9(21-2)5-17-18/h3-5H,6H2,1-2H3. The van der Waals surface area contributed by atoms with E-state index in [4.69, 9.17) is 39.5 Å². The molecule has 0 aliphatic heterocycles. The molecular weight excluding hydrogens is 355 g/mol. The summed E-state index contributed by atoms with van der Waals surface area (Å²) in [6, 6.07) is 3.42. The van der Waals surface area contributed by atoms with Gasteiger partial charge in [0, 0.05) is 0 Å². The Morgan fingerprint density at radius 1 is 1.24 bits per heavy atom. The molecular formula is C13H11Cl3N2O2S. The minimum absolute atomic E-state index is 0.147. The first kappa shape index (κ1) is 16.5. The van der Waals surface area contributed by atoms with Crippen LogP contribution in [-0.4, -0.2) is 23.1 Å². The molecule has 0 radical (unpaired) electrons. The van der Waals surface area contributed by atoms with Crippen LogP contribution in [0, 0.1) is 0 Å². The summed E-state index contributed by atoms with van der Waals surface area (Å²) >= 11 is 19.6. The van der Waals surface area contributed by atoms with Crippen molar-refractivity contribution in [2.45, 2.75) is 11.4 Å². The summed E-state index contributed by atoms with van der Waals surface area (Å²) in [6.45, 7) is 0.176. The van der Waals surface area contributed by atoms with Gasteiger partial charge in [-0.25, -0.2) is 4.68 Å². The Bertz CT molecular complexity index is 734. The molecule has 0 fully saturated rings. The number of hydrogen-bond acceptors (Lipinski definition) is 4. The zero-order valence-electron chi connectivity index (χ0n) is 11.2. The van der Waals surface area contributed by atoms with Crippen LogP contribution in [0.4, 0.5) is 0 Å². The van der Waals surface area contributed by atoms with E-state index in [1.807, 2.05) is 6.26 Å². The van der Waals surface area contributed by atoms with Crippen LogP contribution < -0.4 is 10.3 Å². The van der Waals surface area contributed by atoms with Gasteiger partial charge in [0.2, 0.25) is 0 Å². The predicted molar refractivity (Wildman–Crippen MR) is 87.4 cm³/mol. The highest BCUT2D eigenvalue weighted by Gasteiger charge is 2.14. The third-order valence-corrected chi connectivity index (χ3v) is 4.97. The fourth-order valence-corrected chi connectivity index (χ4v) is 2.99. The first-order chi connectivity index (χ1) is 9.99. The molecule has 0 aliphatic rings. The zero-order valence-corrected chi connectivity index (χ0v) is 14.3. The van der Waals surface area contributed by atoms with E-state index in [-0.39, 0.29) is 17.1 Å². The van der Waals surface area contributed by atoms with Gasteiger partial charge < -0.3 is 4.74 Å². The average molecular weight is 366 g/mol. The fraction of sp³-hybridized carbons (Fsp3) is 0.231. The smallest absolute Gasteiger partial charge is 0.286 e. The SMILES string of the molecule is COc1ccc(Cn2ncc(SC)c(Cl)c2=O)c(Cl)c1Cl. The van der Waals surface area contributed by atoms with Crippen LogP contribution in [0.3, 0.4) is 0 Å². The predicted octanol–water partition coefficient (Wildman–Crippen LogP) is 3.98. The van der Waals surface area contributed by atoms with Crippen molar-refractivity contribution in [2.75, 3.05) is 13.4 Å². The monoisotopic (exact) mass is 364 g/mol. The lowest BCUT2D eigenvalue weighted by molar-refractivity contribution is 0.415. The molecule has 0 aliphatic carbocycles. The first-order valence-corrected chi connectivity index (χ1v) is 8.16. The molecule has 0 amide bonds. The Kier molecular flexibility index (Phi) is 5.43. The minimum Gasteiger partial charge on any atom is -0.495 e. The number of ether oxygens (including phenoxy) is 1. The maximum Gasteiger partial charge on any atom is 0.286 e. The summed E-state index contributed by atoms with van der Waals surface area (Å²) in [4.78, 5) is 12.8. The van der Waals surface area contributed by atoms with Crippen molar-refractivity contribution in [1.82, 2.24) is 9.78 Å². The van der Waals surface area contributed by atoms with E-state index in [1.54, 1.807) is 18.3 Å². The van der Waals surface area contributed by atoms with Gasteiger partial charge in [0.25, 0.3) is 5.56 Å². The molecule has 0 spiro atoms. The van der Waals surface area contributed by atoms with Gasteiger partial charge in [-0.1, -0.05) is 40.9 Å². The van der Waals surface area contributed by atoms with Gasteiger partial charge in [-0.05, 0) is 17.9 Å². The molecule has 1 aromatic heterocycles. The number of halogens is 3. The van der Waals surface area contributed by atoms with E-state index in [1.165, 1.54) is 23.6 Å². The molecule has 0 N–H and O–H groups in total. The molecule has 0 saturated carbocycles. The summed E-state index contributed by atoms with van der Waals surface area (Å²) in [7, 11) is 1.50. The van der Waals surface area contributed by atoms with Gasteiger partial charge in [-0.3, -0.25) is 4.79 Å². The first-order valence-electron chi connectivity index (χ1n) is 5.80. The number of benzene rings is 1. The zero-order chi connectivity index (χ0) is 15.6. The second-order valence-corrected chi connectivity index (χ2v) is 6.03. The number of nitrogens with zero attached hydrogens (tertiary/aromatic N) is 2. The third kappa shape index (κ3) is 3.31. The van der Waals surface area contributed by atoms with Gasteiger partial charge >= 0.3 is 0 Å². The van der Waals surface area contributed by atoms with E-state index in [9.17, 15) is 4.79 Å². The topological polar surface area (TPSA) is 44.1 Å². The van der Waals surface area contributed by atoms with Gasteiger partial charge in [-0.2, -0.15) is 5.10 Å². The molecule has 1 heterocycles. The summed E-state index contributed by atoms with van der Waals surface area (Å²) in [5, 5.41) is 4.86.